The van der Waals surface area contributed by atoms with E-state index in [1.807, 2.05) is 0 Å². The average molecular weight is 455 g/mol. The molecule has 1 rings (SSSR count). The van der Waals surface area contributed by atoms with Crippen molar-refractivity contribution in [1.82, 2.24) is 0 Å². The number of hydrogen-bond donors (Lipinski definition) is 1. The third-order valence-electron chi connectivity index (χ3n) is 4.28. The lowest BCUT2D eigenvalue weighted by Crippen LogP contribution is -2.25. The van der Waals surface area contributed by atoms with Crippen LogP contribution in [0.3, 0.4) is 0 Å². The van der Waals surface area contributed by atoms with Crippen molar-refractivity contribution in [3.63, 3.8) is 0 Å². The van der Waals surface area contributed by atoms with Crippen LogP contribution < -0.4 is 0 Å². The zero-order valence-electron chi connectivity index (χ0n) is 16.9. The highest BCUT2D eigenvalue weighted by Crippen LogP contribution is 2.41. The number of hydrogen-bond acceptors (Lipinski definition) is 7. The van der Waals surface area contributed by atoms with Crippen LogP contribution in [0.1, 0.15) is 57.8 Å². The summed E-state index contributed by atoms with van der Waals surface area (Å²) in [5, 5.41) is 0. The van der Waals surface area contributed by atoms with E-state index in [9.17, 15) is 9.36 Å². The van der Waals surface area contributed by atoms with Gasteiger partial charge in [0.2, 0.25) is 0 Å². The highest BCUT2D eigenvalue weighted by molar-refractivity contribution is 8.01. The molecule has 0 bridgehead atoms. The van der Waals surface area contributed by atoms with Gasteiger partial charge in [-0.1, -0.05) is 50.7 Å². The number of carbonyl (C=O) groups is 1. The summed E-state index contributed by atoms with van der Waals surface area (Å²) in [4.78, 5) is 21.1. The number of phosphoric ester groups is 1. The molecule has 9 heteroatoms. The summed E-state index contributed by atoms with van der Waals surface area (Å²) in [6.07, 6.45) is 8.69. The summed E-state index contributed by atoms with van der Waals surface area (Å²) in [7, 11) is -2.66. The smallest absolute Gasteiger partial charge is 0.461 e. The van der Waals surface area contributed by atoms with Crippen LogP contribution in [0.5, 0.6) is 0 Å². The first kappa shape index (κ1) is 26.1. The van der Waals surface area contributed by atoms with Crippen LogP contribution in [-0.2, 0) is 23.1 Å². The maximum Gasteiger partial charge on any atom is 0.471 e. The van der Waals surface area contributed by atoms with Crippen molar-refractivity contribution in [2.24, 2.45) is 0 Å². The van der Waals surface area contributed by atoms with Gasteiger partial charge in [-0.3, -0.25) is 13.8 Å². The molecule has 1 saturated heterocycles. The molecule has 0 spiro atoms. The SMILES string of the molecule is C=C1CSCC(OC(=O)CCCCCCCCCCOP(=O)(O)OC)CSC1. The molecule has 1 fully saturated rings. The Hall–Kier alpha value is 0.0200. The Bertz CT molecular complexity index is 491. The fourth-order valence-electron chi connectivity index (χ4n) is 2.74. The van der Waals surface area contributed by atoms with E-state index in [2.05, 4.69) is 11.1 Å². The van der Waals surface area contributed by atoms with Crippen LogP contribution in [0.4, 0.5) is 0 Å². The summed E-state index contributed by atoms with van der Waals surface area (Å²) in [5.74, 6) is 3.59. The maximum absolute atomic E-state index is 12.0. The second kappa shape index (κ2) is 15.8. The van der Waals surface area contributed by atoms with E-state index in [-0.39, 0.29) is 18.7 Å². The lowest BCUT2D eigenvalue weighted by Gasteiger charge is -2.20. The Morgan fingerprint density at radius 3 is 2.18 bits per heavy atom. The Labute approximate surface area is 178 Å². The highest BCUT2D eigenvalue weighted by atomic mass is 32.2. The van der Waals surface area contributed by atoms with E-state index in [4.69, 9.17) is 14.2 Å². The van der Waals surface area contributed by atoms with Crippen molar-refractivity contribution >= 4 is 37.3 Å². The van der Waals surface area contributed by atoms with Gasteiger partial charge in [-0.05, 0) is 12.8 Å². The van der Waals surface area contributed by atoms with E-state index >= 15 is 0 Å². The van der Waals surface area contributed by atoms with Gasteiger partial charge in [0.05, 0.1) is 6.61 Å². The molecule has 1 atom stereocenters. The lowest BCUT2D eigenvalue weighted by atomic mass is 10.1. The third-order valence-corrected chi connectivity index (χ3v) is 7.69. The van der Waals surface area contributed by atoms with Gasteiger partial charge >= 0.3 is 13.8 Å². The van der Waals surface area contributed by atoms with Gasteiger partial charge < -0.3 is 9.63 Å². The number of esters is 1. The van der Waals surface area contributed by atoms with E-state index in [1.165, 1.54) is 5.57 Å². The van der Waals surface area contributed by atoms with Crippen LogP contribution in [0.25, 0.3) is 0 Å². The molecule has 1 heterocycles. The van der Waals surface area contributed by atoms with Crippen LogP contribution >= 0.6 is 31.3 Å². The monoisotopic (exact) mass is 454 g/mol. The molecular formula is C19H35O6PS2. The first-order chi connectivity index (χ1) is 13.4. The standard InChI is InChI=1S/C19H35O6PS2/c1-17-13-27-15-18(16-28-14-17)25-19(20)11-9-7-5-3-4-6-8-10-12-24-26(21,22)23-2/h18H,1,3-16H2,2H3,(H,21,22). The van der Waals surface area contributed by atoms with Gasteiger partial charge in [0.1, 0.15) is 6.10 Å². The number of ether oxygens (including phenoxy) is 1. The van der Waals surface area contributed by atoms with Gasteiger partial charge in [0.25, 0.3) is 0 Å². The molecule has 0 aromatic rings. The summed E-state index contributed by atoms with van der Waals surface area (Å²) in [6, 6.07) is 0. The van der Waals surface area contributed by atoms with E-state index < -0.39 is 7.82 Å². The first-order valence-corrected chi connectivity index (χ1v) is 13.8. The third kappa shape index (κ3) is 14.1. The van der Waals surface area contributed by atoms with Gasteiger partial charge in [0.15, 0.2) is 0 Å². The molecule has 0 radical (unpaired) electrons. The molecule has 164 valence electrons. The molecule has 0 aromatic heterocycles. The molecule has 0 aromatic carbocycles. The quantitative estimate of drug-likeness (QED) is 0.166. The maximum atomic E-state index is 12.0. The number of phosphoric acid groups is 1. The second-order valence-electron chi connectivity index (χ2n) is 6.95. The average Bonchev–Trinajstić information content (AvgIpc) is 2.64. The van der Waals surface area contributed by atoms with Crippen molar-refractivity contribution in [2.75, 3.05) is 36.7 Å². The molecule has 0 amide bonds. The molecule has 1 N–H and O–H groups in total. The van der Waals surface area contributed by atoms with Crippen molar-refractivity contribution in [2.45, 2.75) is 63.9 Å². The first-order valence-electron chi connectivity index (χ1n) is 9.97. The van der Waals surface area contributed by atoms with Gasteiger partial charge in [-0.15, -0.1) is 0 Å². The summed E-state index contributed by atoms with van der Waals surface area (Å²) < 4.78 is 25.8. The topological polar surface area (TPSA) is 82.1 Å². The van der Waals surface area contributed by atoms with Gasteiger partial charge in [-0.25, -0.2) is 4.57 Å². The zero-order chi connectivity index (χ0) is 20.7. The fourth-order valence-corrected chi connectivity index (χ4v) is 5.40. The molecule has 6 nitrogen and oxygen atoms in total. The molecule has 28 heavy (non-hydrogen) atoms. The lowest BCUT2D eigenvalue weighted by molar-refractivity contribution is -0.147. The van der Waals surface area contributed by atoms with E-state index in [0.29, 0.717) is 6.42 Å². The Morgan fingerprint density at radius 2 is 1.61 bits per heavy atom. The highest BCUT2D eigenvalue weighted by Gasteiger charge is 2.18. The molecule has 1 aliphatic heterocycles. The van der Waals surface area contributed by atoms with Gasteiger partial charge in [-0.2, -0.15) is 23.5 Å². The van der Waals surface area contributed by atoms with Crippen LogP contribution in [-0.4, -0.2) is 53.7 Å². The molecular weight excluding hydrogens is 419 g/mol. The summed E-state index contributed by atoms with van der Waals surface area (Å²) in [5.41, 5.74) is 1.26. The van der Waals surface area contributed by atoms with E-state index in [0.717, 1.165) is 81.5 Å². The van der Waals surface area contributed by atoms with Crippen molar-refractivity contribution < 1.29 is 28.0 Å². The Balaban J connectivity index is 1.90. The number of thioether (sulfide) groups is 2. The summed E-state index contributed by atoms with van der Waals surface area (Å²) in [6.45, 7) is 4.27. The van der Waals surface area contributed by atoms with Crippen LogP contribution in [0.15, 0.2) is 12.2 Å². The largest absolute Gasteiger partial charge is 0.471 e. The predicted octanol–water partition coefficient (Wildman–Crippen LogP) is 5.21. The second-order valence-corrected chi connectivity index (χ2v) is 10.6. The van der Waals surface area contributed by atoms with Crippen LogP contribution in [0, 0.1) is 0 Å². The van der Waals surface area contributed by atoms with Crippen molar-refractivity contribution in [3.8, 4) is 0 Å². The molecule has 0 aliphatic carbocycles. The van der Waals surface area contributed by atoms with Crippen LogP contribution in [0.2, 0.25) is 0 Å². The number of carbonyl (C=O) groups excluding carboxylic acids is 1. The minimum Gasteiger partial charge on any atom is -0.461 e. The van der Waals surface area contributed by atoms with Gasteiger partial charge in [0, 0.05) is 36.5 Å². The Kier molecular flexibility index (Phi) is 14.7. The van der Waals surface area contributed by atoms with Crippen molar-refractivity contribution in [1.29, 1.82) is 0 Å². The minimum atomic E-state index is -3.82. The van der Waals surface area contributed by atoms with E-state index in [1.54, 1.807) is 23.5 Å². The fraction of sp³-hybridized carbons (Fsp3) is 0.842. The van der Waals surface area contributed by atoms with Crippen molar-refractivity contribution in [3.05, 3.63) is 12.2 Å². The molecule has 0 saturated carbocycles. The molecule has 1 aliphatic rings. The number of unbranched alkanes of at least 4 members (excludes halogenated alkanes) is 7. The molecule has 1 unspecified atom stereocenters. The number of rotatable bonds is 14. The Morgan fingerprint density at radius 1 is 1.07 bits per heavy atom. The summed E-state index contributed by atoms with van der Waals surface area (Å²) >= 11 is 3.61. The normalized spacial score (nSPS) is 18.3. The minimum absolute atomic E-state index is 0.0307. The zero-order valence-corrected chi connectivity index (χ0v) is 19.5. The predicted molar refractivity (Wildman–Crippen MR) is 118 cm³/mol.